The van der Waals surface area contributed by atoms with Gasteiger partial charge in [-0.15, -0.1) is 0 Å². The number of primary amides is 3. The van der Waals surface area contributed by atoms with Gasteiger partial charge in [-0.2, -0.15) is 0 Å². The molecule has 68 heavy (non-hydrogen) atoms. The molecule has 1 aromatic carbocycles. The number of likely N-dealkylation sites (N-methyl/N-ethyl adjacent to an activating group) is 1. The predicted molar refractivity (Wildman–Crippen MR) is 240 cm³/mol. The normalized spacial score (nSPS) is 22.0. The van der Waals surface area contributed by atoms with Crippen molar-refractivity contribution in [1.29, 1.82) is 0 Å². The van der Waals surface area contributed by atoms with E-state index < -0.39 is 164 Å². The fraction of sp³-hybridized carbons (Fsp3) is 0.571. The number of rotatable bonds is 18. The van der Waals surface area contributed by atoms with Crippen molar-refractivity contribution in [2.45, 2.75) is 115 Å². The highest BCUT2D eigenvalue weighted by atomic mass is 16.3. The largest absolute Gasteiger partial charge is 0.508 e. The van der Waals surface area contributed by atoms with Gasteiger partial charge in [-0.3, -0.25) is 57.5 Å². The molecule has 1 fully saturated rings. The van der Waals surface area contributed by atoms with Crippen LogP contribution < -0.4 is 65.5 Å². The topological polar surface area (TPSA) is 429 Å². The standard InChI is InChI=1S/C42H65N13O13/c1-6-21(4)35-41(67)51-25(11-12-30(44)57)38(64)52-28(16-31(45)58)39(65)53-29(42(68)55(5)19-34(61)50-26(13-20(2)3)37(63)48-18-32(46)59)17-47-36(62)24(43)15-33(60)49-27(40(66)54-35)14-22-7-9-23(56)10-8-22/h7-10,20-21,24-29,35,56H,6,11-19,43H2,1-5H3,(H2,44,57)(H2,45,58)(H2,46,59)(H,47,62)(H,48,63)(H,49,60)(H,50,61)(H,51,67)(H,52,64)(H,53,65)(H,54,66)/t21-,24+,25-,26-,27-,28-,29-,35-/m0/s1. The third-order valence-corrected chi connectivity index (χ3v) is 10.6. The number of phenolic OH excluding ortho intramolecular Hbond substituents is 1. The second kappa shape index (κ2) is 27.3. The number of aromatic hydroxyl groups is 1. The maximum absolute atomic E-state index is 14.0. The highest BCUT2D eigenvalue weighted by Gasteiger charge is 2.36. The fourth-order valence-corrected chi connectivity index (χ4v) is 6.68. The lowest BCUT2D eigenvalue weighted by Crippen LogP contribution is -2.62. The molecule has 0 saturated carbocycles. The number of hydrogen-bond acceptors (Lipinski definition) is 14. The number of benzene rings is 1. The second-order valence-electron chi connectivity index (χ2n) is 16.9. The van der Waals surface area contributed by atoms with Gasteiger partial charge < -0.3 is 75.5 Å². The van der Waals surface area contributed by atoms with E-state index in [2.05, 4.69) is 42.5 Å². The van der Waals surface area contributed by atoms with Crippen molar-refractivity contribution in [2.24, 2.45) is 34.8 Å². The quantitative estimate of drug-likeness (QED) is 0.0652. The maximum Gasteiger partial charge on any atom is 0.247 e. The van der Waals surface area contributed by atoms with Gasteiger partial charge in [-0.25, -0.2) is 0 Å². The monoisotopic (exact) mass is 959 g/mol. The minimum atomic E-state index is -1.87. The van der Waals surface area contributed by atoms with Crippen LogP contribution in [0.5, 0.6) is 5.75 Å². The molecule has 1 aliphatic heterocycles. The molecule has 376 valence electrons. The molecule has 0 bridgehead atoms. The highest BCUT2D eigenvalue weighted by molar-refractivity contribution is 5.99. The Morgan fingerprint density at radius 3 is 1.96 bits per heavy atom. The van der Waals surface area contributed by atoms with Gasteiger partial charge in [0.2, 0.25) is 70.9 Å². The first kappa shape index (κ1) is 56.7. The van der Waals surface area contributed by atoms with E-state index in [1.54, 1.807) is 27.7 Å². The van der Waals surface area contributed by atoms with Crippen LogP contribution in [-0.4, -0.2) is 150 Å². The third kappa shape index (κ3) is 19.6. The average Bonchev–Trinajstić information content (AvgIpc) is 3.25. The summed E-state index contributed by atoms with van der Waals surface area (Å²) in [5.41, 5.74) is 22.5. The van der Waals surface area contributed by atoms with Crippen LogP contribution >= 0.6 is 0 Å². The lowest BCUT2D eigenvalue weighted by Gasteiger charge is -2.30. The van der Waals surface area contributed by atoms with E-state index in [9.17, 15) is 62.6 Å². The van der Waals surface area contributed by atoms with E-state index in [4.69, 9.17) is 22.9 Å². The molecule has 17 N–H and O–H groups in total. The van der Waals surface area contributed by atoms with Gasteiger partial charge in [0.15, 0.2) is 0 Å². The van der Waals surface area contributed by atoms with Crippen LogP contribution in [0.15, 0.2) is 24.3 Å². The SMILES string of the molecule is CC[C@H](C)[C@@H]1NC(=O)[C@H](Cc2ccc(O)cc2)NC(=O)C[C@@H](N)C(=O)NC[C@@H](C(=O)N(C)CC(=O)N[C@@H](CC(C)C)C(=O)NCC(N)=O)NC(=O)[C@H](CC(N)=O)NC(=O)[C@H](CCC(N)=O)NC1=O. The fourth-order valence-electron chi connectivity index (χ4n) is 6.68. The van der Waals surface area contributed by atoms with Gasteiger partial charge in [0.1, 0.15) is 42.0 Å². The lowest BCUT2D eigenvalue weighted by molar-refractivity contribution is -0.140. The molecule has 0 radical (unpaired) electrons. The van der Waals surface area contributed by atoms with Crippen LogP contribution in [0.2, 0.25) is 0 Å². The Morgan fingerprint density at radius 2 is 1.38 bits per heavy atom. The summed E-state index contributed by atoms with van der Waals surface area (Å²) in [7, 11) is 1.14. The summed E-state index contributed by atoms with van der Waals surface area (Å²) < 4.78 is 0. The van der Waals surface area contributed by atoms with Gasteiger partial charge in [-0.05, 0) is 42.4 Å². The van der Waals surface area contributed by atoms with E-state index >= 15 is 0 Å². The third-order valence-electron chi connectivity index (χ3n) is 10.6. The predicted octanol–water partition coefficient (Wildman–Crippen LogP) is -6.02. The Bertz CT molecular complexity index is 2030. The van der Waals surface area contributed by atoms with Crippen molar-refractivity contribution < 1.29 is 62.6 Å². The number of carbonyl (C=O) groups is 12. The first-order chi connectivity index (χ1) is 31.8. The molecule has 12 amide bonds. The van der Waals surface area contributed by atoms with E-state index in [0.717, 1.165) is 11.9 Å². The summed E-state index contributed by atoms with van der Waals surface area (Å²) in [6, 6.07) is -5.26. The smallest absolute Gasteiger partial charge is 0.247 e. The van der Waals surface area contributed by atoms with Crippen LogP contribution in [0.4, 0.5) is 0 Å². The number of carbonyl (C=O) groups excluding carboxylic acids is 12. The van der Waals surface area contributed by atoms with Gasteiger partial charge in [0.25, 0.3) is 0 Å². The Labute approximate surface area is 392 Å². The second-order valence-corrected chi connectivity index (χ2v) is 16.9. The number of nitrogens with two attached hydrogens (primary N) is 4. The van der Waals surface area contributed by atoms with E-state index in [0.29, 0.717) is 12.0 Å². The molecule has 8 atom stereocenters. The molecular weight excluding hydrogens is 895 g/mol. The van der Waals surface area contributed by atoms with Crippen molar-refractivity contribution in [2.75, 3.05) is 26.7 Å². The van der Waals surface area contributed by atoms with Gasteiger partial charge in [0.05, 0.1) is 32.0 Å². The number of nitrogens with zero attached hydrogens (tertiary/aromatic N) is 1. The van der Waals surface area contributed by atoms with Crippen LogP contribution in [0.3, 0.4) is 0 Å². The molecule has 1 heterocycles. The van der Waals surface area contributed by atoms with E-state index in [1.165, 1.54) is 24.3 Å². The summed E-state index contributed by atoms with van der Waals surface area (Å²) in [6.45, 7) is 4.81. The van der Waals surface area contributed by atoms with Gasteiger partial charge in [0, 0.05) is 26.4 Å². The molecule has 1 aromatic rings. The molecule has 0 unspecified atom stereocenters. The molecule has 0 aliphatic carbocycles. The molecule has 1 aliphatic rings. The number of amides is 12. The summed E-state index contributed by atoms with van der Waals surface area (Å²) in [6.07, 6.45) is -2.31. The zero-order valence-corrected chi connectivity index (χ0v) is 38.7. The Hall–Kier alpha value is -7.38. The number of nitrogens with one attached hydrogen (secondary N) is 8. The summed E-state index contributed by atoms with van der Waals surface area (Å²) in [5.74, 6) is -12.4. The summed E-state index contributed by atoms with van der Waals surface area (Å²) in [4.78, 5) is 159. The minimum Gasteiger partial charge on any atom is -0.508 e. The Morgan fingerprint density at radius 1 is 0.779 bits per heavy atom. The van der Waals surface area contributed by atoms with Crippen molar-refractivity contribution >= 4 is 70.9 Å². The summed E-state index contributed by atoms with van der Waals surface area (Å²) in [5, 5.41) is 29.1. The molecule has 26 nitrogen and oxygen atoms in total. The van der Waals surface area contributed by atoms with Crippen LogP contribution in [0.25, 0.3) is 0 Å². The molecule has 0 spiro atoms. The molecule has 1 saturated heterocycles. The maximum atomic E-state index is 14.0. The summed E-state index contributed by atoms with van der Waals surface area (Å²) >= 11 is 0. The van der Waals surface area contributed by atoms with Crippen molar-refractivity contribution in [1.82, 2.24) is 47.4 Å². The molecule has 0 aromatic heterocycles. The number of hydrogen-bond donors (Lipinski definition) is 13. The van der Waals surface area contributed by atoms with Crippen molar-refractivity contribution in [3.63, 3.8) is 0 Å². The first-order valence-electron chi connectivity index (χ1n) is 21.8. The molecular formula is C42H65N13O13. The lowest BCUT2D eigenvalue weighted by atomic mass is 9.96. The van der Waals surface area contributed by atoms with Crippen LogP contribution in [0, 0.1) is 11.8 Å². The van der Waals surface area contributed by atoms with E-state index in [-0.39, 0.29) is 24.5 Å². The van der Waals surface area contributed by atoms with Crippen LogP contribution in [-0.2, 0) is 64.0 Å². The van der Waals surface area contributed by atoms with Crippen molar-refractivity contribution in [3.05, 3.63) is 29.8 Å². The Kier molecular flexibility index (Phi) is 22.8. The average molecular weight is 960 g/mol. The molecule has 26 heteroatoms. The first-order valence-corrected chi connectivity index (χ1v) is 21.8. The zero-order chi connectivity index (χ0) is 51.4. The van der Waals surface area contributed by atoms with E-state index in [1.807, 2.05) is 0 Å². The molecule has 2 rings (SSSR count). The zero-order valence-electron chi connectivity index (χ0n) is 38.7. The minimum absolute atomic E-state index is 0.0867. The van der Waals surface area contributed by atoms with Crippen LogP contribution in [0.1, 0.15) is 71.8 Å². The van der Waals surface area contributed by atoms with Gasteiger partial charge in [-0.1, -0.05) is 46.2 Å². The highest BCUT2D eigenvalue weighted by Crippen LogP contribution is 2.15. The van der Waals surface area contributed by atoms with Crippen molar-refractivity contribution in [3.8, 4) is 5.75 Å². The Balaban J connectivity index is 2.63. The van der Waals surface area contributed by atoms with Gasteiger partial charge >= 0.3 is 0 Å². The number of phenols is 1.